The minimum Gasteiger partial charge on any atom is -0.207 e. The van der Waals surface area contributed by atoms with Crippen LogP contribution in [0.3, 0.4) is 0 Å². The van der Waals surface area contributed by atoms with E-state index >= 15 is 0 Å². The third kappa shape index (κ3) is 1.72. The fourth-order valence-corrected chi connectivity index (χ4v) is 0.946. The van der Waals surface area contributed by atoms with E-state index in [0.29, 0.717) is 0 Å². The Labute approximate surface area is 73.2 Å². The maximum atomic E-state index is 12.8. The molecule has 0 fully saturated rings. The van der Waals surface area contributed by atoms with Crippen LogP contribution >= 0.6 is 11.6 Å². The Morgan fingerprint density at radius 3 is 2.67 bits per heavy atom. The van der Waals surface area contributed by atoms with Crippen molar-refractivity contribution in [3.05, 3.63) is 35.4 Å². The smallest absolute Gasteiger partial charge is 0.148 e. The molecular formula is C8H4ClF2N. The van der Waals surface area contributed by atoms with Gasteiger partial charge in [-0.05, 0) is 18.2 Å². The molecule has 0 unspecified atom stereocenters. The van der Waals surface area contributed by atoms with Crippen molar-refractivity contribution in [2.24, 2.45) is 0 Å². The van der Waals surface area contributed by atoms with Gasteiger partial charge in [0.25, 0.3) is 0 Å². The molecule has 1 rings (SSSR count). The molecule has 4 heteroatoms. The number of nitriles is 1. The van der Waals surface area contributed by atoms with Crippen molar-refractivity contribution in [2.75, 3.05) is 0 Å². The molecule has 0 aliphatic carbocycles. The van der Waals surface area contributed by atoms with Gasteiger partial charge in [-0.2, -0.15) is 5.26 Å². The van der Waals surface area contributed by atoms with Gasteiger partial charge in [0.1, 0.15) is 17.0 Å². The number of benzene rings is 1. The quantitative estimate of drug-likeness (QED) is 0.621. The largest absolute Gasteiger partial charge is 0.207 e. The van der Waals surface area contributed by atoms with Crippen LogP contribution < -0.4 is 0 Å². The van der Waals surface area contributed by atoms with Gasteiger partial charge in [0.2, 0.25) is 0 Å². The molecule has 0 radical (unpaired) electrons. The zero-order valence-electron chi connectivity index (χ0n) is 5.89. The van der Waals surface area contributed by atoms with E-state index in [1.807, 2.05) is 0 Å². The number of hydrogen-bond donors (Lipinski definition) is 0. The lowest BCUT2D eigenvalue weighted by Gasteiger charge is -2.01. The molecule has 12 heavy (non-hydrogen) atoms. The first-order valence-corrected chi connectivity index (χ1v) is 3.57. The molecule has 0 N–H and O–H groups in total. The van der Waals surface area contributed by atoms with Gasteiger partial charge >= 0.3 is 0 Å². The zero-order valence-corrected chi connectivity index (χ0v) is 6.65. The Morgan fingerprint density at radius 1 is 1.42 bits per heavy atom. The highest BCUT2D eigenvalue weighted by atomic mass is 35.5. The first-order chi connectivity index (χ1) is 5.65. The van der Waals surface area contributed by atoms with E-state index in [4.69, 9.17) is 16.9 Å². The van der Waals surface area contributed by atoms with Crippen LogP contribution in [-0.4, -0.2) is 0 Å². The summed E-state index contributed by atoms with van der Waals surface area (Å²) in [5, 5.41) is 7.19. The predicted octanol–water partition coefficient (Wildman–Crippen LogP) is 2.77. The van der Waals surface area contributed by atoms with E-state index in [1.165, 1.54) is 0 Å². The van der Waals surface area contributed by atoms with Crippen LogP contribution in [0.25, 0.3) is 0 Å². The summed E-state index contributed by atoms with van der Waals surface area (Å²) in [5.74, 6) is -1.27. The molecule has 0 saturated heterocycles. The maximum absolute atomic E-state index is 12.8. The molecule has 0 aliphatic heterocycles. The Kier molecular flexibility index (Phi) is 2.61. The highest BCUT2D eigenvalue weighted by Crippen LogP contribution is 2.22. The van der Waals surface area contributed by atoms with E-state index in [0.717, 1.165) is 18.2 Å². The van der Waals surface area contributed by atoms with Crippen LogP contribution in [0.2, 0.25) is 0 Å². The van der Waals surface area contributed by atoms with Crippen molar-refractivity contribution < 1.29 is 8.78 Å². The van der Waals surface area contributed by atoms with E-state index in [1.54, 1.807) is 6.07 Å². The fraction of sp³-hybridized carbons (Fsp3) is 0.125. The number of hydrogen-bond acceptors (Lipinski definition) is 1. The second kappa shape index (κ2) is 3.51. The summed E-state index contributed by atoms with van der Waals surface area (Å²) in [6.07, 6.45) is 0. The lowest BCUT2D eigenvalue weighted by molar-refractivity contribution is 0.588. The standard InChI is InChI=1S/C8H4ClF2N/c9-7(4-12)6-3-5(10)1-2-8(6)11/h1-3,7H/t7-/m1/s1. The van der Waals surface area contributed by atoms with Crippen molar-refractivity contribution in [3.63, 3.8) is 0 Å². The molecule has 62 valence electrons. The first-order valence-electron chi connectivity index (χ1n) is 3.14. The molecular weight excluding hydrogens is 184 g/mol. The van der Waals surface area contributed by atoms with Gasteiger partial charge in [-0.1, -0.05) is 0 Å². The topological polar surface area (TPSA) is 23.8 Å². The molecule has 0 spiro atoms. The Bertz CT molecular complexity index is 332. The van der Waals surface area contributed by atoms with Gasteiger partial charge in [0.05, 0.1) is 6.07 Å². The van der Waals surface area contributed by atoms with Crippen molar-refractivity contribution >= 4 is 11.6 Å². The zero-order chi connectivity index (χ0) is 9.14. The summed E-state index contributed by atoms with van der Waals surface area (Å²) in [4.78, 5) is 0. The average molecular weight is 188 g/mol. The number of rotatable bonds is 1. The molecule has 1 aromatic rings. The molecule has 1 atom stereocenters. The number of nitrogens with zero attached hydrogens (tertiary/aromatic N) is 1. The summed E-state index contributed by atoms with van der Waals surface area (Å²) < 4.78 is 25.3. The number of halogens is 3. The molecule has 1 nitrogen and oxygen atoms in total. The third-order valence-corrected chi connectivity index (χ3v) is 1.68. The van der Waals surface area contributed by atoms with Gasteiger partial charge in [-0.25, -0.2) is 8.78 Å². The highest BCUT2D eigenvalue weighted by Gasteiger charge is 2.12. The molecule has 0 aromatic heterocycles. The molecule has 0 heterocycles. The minimum atomic E-state index is -1.14. The second-order valence-electron chi connectivity index (χ2n) is 2.16. The first kappa shape index (κ1) is 8.95. The van der Waals surface area contributed by atoms with Gasteiger partial charge in [0, 0.05) is 5.56 Å². The lowest BCUT2D eigenvalue weighted by Crippen LogP contribution is -1.92. The molecule has 0 aliphatic rings. The van der Waals surface area contributed by atoms with Crippen LogP contribution in [0.15, 0.2) is 18.2 Å². The van der Waals surface area contributed by atoms with Crippen LogP contribution in [0.1, 0.15) is 10.9 Å². The SMILES string of the molecule is N#C[C@@H](Cl)c1cc(F)ccc1F. The van der Waals surface area contributed by atoms with E-state index in [-0.39, 0.29) is 5.56 Å². The van der Waals surface area contributed by atoms with E-state index in [2.05, 4.69) is 0 Å². The summed E-state index contributed by atoms with van der Waals surface area (Å²) in [6, 6.07) is 4.43. The minimum absolute atomic E-state index is 0.126. The molecule has 0 saturated carbocycles. The van der Waals surface area contributed by atoms with Gasteiger partial charge in [0.15, 0.2) is 0 Å². The summed E-state index contributed by atoms with van der Waals surface area (Å²) in [7, 11) is 0. The predicted molar refractivity (Wildman–Crippen MR) is 40.6 cm³/mol. The highest BCUT2D eigenvalue weighted by molar-refractivity contribution is 6.22. The molecule has 0 bridgehead atoms. The van der Waals surface area contributed by atoms with Crippen molar-refractivity contribution in [2.45, 2.75) is 5.38 Å². The van der Waals surface area contributed by atoms with Crippen LogP contribution in [0.4, 0.5) is 8.78 Å². The van der Waals surface area contributed by atoms with Gasteiger partial charge in [-0.3, -0.25) is 0 Å². The van der Waals surface area contributed by atoms with Crippen molar-refractivity contribution in [3.8, 4) is 6.07 Å². The van der Waals surface area contributed by atoms with Gasteiger partial charge < -0.3 is 0 Å². The monoisotopic (exact) mass is 187 g/mol. The van der Waals surface area contributed by atoms with Crippen LogP contribution in [0, 0.1) is 23.0 Å². The third-order valence-electron chi connectivity index (χ3n) is 1.34. The number of alkyl halides is 1. The average Bonchev–Trinajstić information content (AvgIpc) is 2.08. The van der Waals surface area contributed by atoms with Crippen LogP contribution in [-0.2, 0) is 0 Å². The second-order valence-corrected chi connectivity index (χ2v) is 2.59. The lowest BCUT2D eigenvalue weighted by atomic mass is 10.1. The van der Waals surface area contributed by atoms with E-state index in [9.17, 15) is 8.78 Å². The normalized spacial score (nSPS) is 12.2. The van der Waals surface area contributed by atoms with E-state index < -0.39 is 17.0 Å². The Balaban J connectivity index is 3.15. The van der Waals surface area contributed by atoms with Crippen molar-refractivity contribution in [1.82, 2.24) is 0 Å². The Hall–Kier alpha value is -1.14. The van der Waals surface area contributed by atoms with Gasteiger partial charge in [-0.15, -0.1) is 11.6 Å². The van der Waals surface area contributed by atoms with Crippen molar-refractivity contribution in [1.29, 1.82) is 5.26 Å². The summed E-state index contributed by atoms with van der Waals surface area (Å²) >= 11 is 5.40. The summed E-state index contributed by atoms with van der Waals surface area (Å²) in [5.41, 5.74) is -0.126. The molecule has 1 aromatic carbocycles. The van der Waals surface area contributed by atoms with Crippen LogP contribution in [0.5, 0.6) is 0 Å². The Morgan fingerprint density at radius 2 is 2.08 bits per heavy atom. The maximum Gasteiger partial charge on any atom is 0.148 e. The fourth-order valence-electron chi connectivity index (χ4n) is 0.778. The summed E-state index contributed by atoms with van der Waals surface area (Å²) in [6.45, 7) is 0. The molecule has 0 amide bonds.